The average Bonchev–Trinajstić information content (AvgIpc) is 3.07. The van der Waals surface area contributed by atoms with Crippen molar-refractivity contribution in [3.8, 4) is 0 Å². The van der Waals surface area contributed by atoms with E-state index in [0.29, 0.717) is 24.7 Å². The van der Waals surface area contributed by atoms with E-state index in [1.807, 2.05) is 17.0 Å². The summed E-state index contributed by atoms with van der Waals surface area (Å²) in [5.74, 6) is 0.558. The van der Waals surface area contributed by atoms with Gasteiger partial charge in [-0.1, -0.05) is 18.9 Å². The van der Waals surface area contributed by atoms with Crippen molar-refractivity contribution in [3.63, 3.8) is 0 Å². The van der Waals surface area contributed by atoms with Crippen LogP contribution in [0, 0.1) is 5.92 Å². The van der Waals surface area contributed by atoms with Gasteiger partial charge in [0.15, 0.2) is 0 Å². The van der Waals surface area contributed by atoms with Crippen LogP contribution < -0.4 is 5.32 Å². The first-order valence-corrected chi connectivity index (χ1v) is 12.0. The molecule has 7 heteroatoms. The Hall–Kier alpha value is -1.99. The number of likely N-dealkylation sites (tertiary alicyclic amines) is 2. The lowest BCUT2D eigenvalue weighted by atomic mass is 9.79. The number of amides is 2. The monoisotopic (exact) mass is 428 g/mol. The zero-order valence-electron chi connectivity index (χ0n) is 18.6. The van der Waals surface area contributed by atoms with E-state index in [1.165, 1.54) is 25.7 Å². The van der Waals surface area contributed by atoms with E-state index < -0.39 is 0 Å². The van der Waals surface area contributed by atoms with Crippen LogP contribution in [-0.4, -0.2) is 78.1 Å². The molecule has 7 nitrogen and oxygen atoms in total. The minimum Gasteiger partial charge on any atom is -0.375 e. The fourth-order valence-corrected chi connectivity index (χ4v) is 5.23. The van der Waals surface area contributed by atoms with Crippen molar-refractivity contribution >= 4 is 11.8 Å². The van der Waals surface area contributed by atoms with Crippen LogP contribution in [0.15, 0.2) is 24.4 Å². The molecule has 1 spiro atoms. The maximum Gasteiger partial charge on any atom is 0.269 e. The van der Waals surface area contributed by atoms with Gasteiger partial charge >= 0.3 is 0 Å². The van der Waals surface area contributed by atoms with Crippen LogP contribution in [0.2, 0.25) is 0 Å². The number of hydrogen-bond donors (Lipinski definition) is 1. The minimum absolute atomic E-state index is 0.116. The number of pyridine rings is 1. The van der Waals surface area contributed by atoms with E-state index >= 15 is 0 Å². The molecule has 170 valence electrons. The van der Waals surface area contributed by atoms with Crippen molar-refractivity contribution in [2.75, 3.05) is 45.9 Å². The zero-order chi connectivity index (χ0) is 21.5. The number of carbonyl (C=O) groups excluding carboxylic acids is 2. The Morgan fingerprint density at radius 1 is 1.10 bits per heavy atom. The molecular formula is C24H36N4O3. The van der Waals surface area contributed by atoms with E-state index in [1.54, 1.807) is 12.3 Å². The molecule has 1 unspecified atom stereocenters. The van der Waals surface area contributed by atoms with Gasteiger partial charge in [-0.3, -0.25) is 19.5 Å². The van der Waals surface area contributed by atoms with Crippen molar-refractivity contribution in [1.82, 2.24) is 20.1 Å². The Morgan fingerprint density at radius 2 is 1.87 bits per heavy atom. The van der Waals surface area contributed by atoms with Crippen molar-refractivity contribution in [1.29, 1.82) is 0 Å². The predicted octanol–water partition coefficient (Wildman–Crippen LogP) is 2.48. The number of ether oxygens (including phenoxy) is 1. The summed E-state index contributed by atoms with van der Waals surface area (Å²) < 4.78 is 6.25. The summed E-state index contributed by atoms with van der Waals surface area (Å²) in [6, 6.07) is 5.37. The van der Waals surface area contributed by atoms with Gasteiger partial charge in [-0.2, -0.15) is 0 Å². The quantitative estimate of drug-likeness (QED) is 0.780. The van der Waals surface area contributed by atoms with E-state index in [0.717, 1.165) is 58.5 Å². The third-order valence-electron chi connectivity index (χ3n) is 7.13. The molecule has 1 N–H and O–H groups in total. The molecule has 0 saturated carbocycles. The molecule has 2 amide bonds. The van der Waals surface area contributed by atoms with Crippen LogP contribution in [0.4, 0.5) is 0 Å². The van der Waals surface area contributed by atoms with E-state index in [-0.39, 0.29) is 17.4 Å². The summed E-state index contributed by atoms with van der Waals surface area (Å²) in [4.78, 5) is 33.6. The number of carbonyl (C=O) groups is 2. The molecule has 1 aromatic heterocycles. The Morgan fingerprint density at radius 3 is 2.58 bits per heavy atom. The van der Waals surface area contributed by atoms with Crippen LogP contribution in [0.5, 0.6) is 0 Å². The maximum absolute atomic E-state index is 12.8. The molecule has 4 heterocycles. The number of aromatic nitrogens is 1. The number of rotatable bonds is 5. The van der Waals surface area contributed by atoms with Gasteiger partial charge in [-0.25, -0.2) is 0 Å². The third-order valence-corrected chi connectivity index (χ3v) is 7.13. The lowest BCUT2D eigenvalue weighted by molar-refractivity contribution is -0.147. The van der Waals surface area contributed by atoms with Crippen LogP contribution in [0.1, 0.15) is 61.9 Å². The van der Waals surface area contributed by atoms with Gasteiger partial charge in [0.1, 0.15) is 5.69 Å². The van der Waals surface area contributed by atoms with Gasteiger partial charge in [-0.15, -0.1) is 0 Å². The zero-order valence-corrected chi connectivity index (χ0v) is 18.6. The van der Waals surface area contributed by atoms with Crippen LogP contribution in [0.3, 0.4) is 0 Å². The van der Waals surface area contributed by atoms with Crippen molar-refractivity contribution < 1.29 is 14.3 Å². The highest BCUT2D eigenvalue weighted by Gasteiger charge is 2.41. The number of piperidine rings is 1. The van der Waals surface area contributed by atoms with Crippen molar-refractivity contribution in [3.05, 3.63) is 30.1 Å². The molecule has 0 aliphatic carbocycles. The SMILES string of the molecule is O=C(NCC1CCOC2(CCN(C(=O)CN3CCCCCC3)CC2)C1)c1ccccn1. The topological polar surface area (TPSA) is 74.8 Å². The summed E-state index contributed by atoms with van der Waals surface area (Å²) in [5.41, 5.74) is 0.318. The first-order valence-electron chi connectivity index (χ1n) is 12.0. The molecule has 1 atom stereocenters. The highest BCUT2D eigenvalue weighted by Crippen LogP contribution is 2.37. The summed E-state index contributed by atoms with van der Waals surface area (Å²) in [5, 5.41) is 3.04. The Labute approximate surface area is 185 Å². The van der Waals surface area contributed by atoms with Gasteiger partial charge < -0.3 is 15.0 Å². The first-order chi connectivity index (χ1) is 15.1. The maximum atomic E-state index is 12.8. The largest absolute Gasteiger partial charge is 0.375 e. The van der Waals surface area contributed by atoms with Crippen molar-refractivity contribution in [2.45, 2.75) is 57.0 Å². The molecule has 31 heavy (non-hydrogen) atoms. The predicted molar refractivity (Wildman–Crippen MR) is 119 cm³/mol. The molecule has 0 radical (unpaired) electrons. The molecule has 4 rings (SSSR count). The highest BCUT2D eigenvalue weighted by molar-refractivity contribution is 5.92. The fraction of sp³-hybridized carbons (Fsp3) is 0.708. The second kappa shape index (κ2) is 10.6. The van der Waals surface area contributed by atoms with Gasteiger partial charge in [0, 0.05) is 32.4 Å². The normalized spacial score (nSPS) is 24.5. The van der Waals surface area contributed by atoms with E-state index in [2.05, 4.69) is 15.2 Å². The first kappa shape index (κ1) is 22.2. The molecule has 1 aromatic rings. The second-order valence-corrected chi connectivity index (χ2v) is 9.39. The van der Waals surface area contributed by atoms with E-state index in [9.17, 15) is 9.59 Å². The Kier molecular flexibility index (Phi) is 7.56. The molecular weight excluding hydrogens is 392 g/mol. The van der Waals surface area contributed by atoms with Crippen LogP contribution >= 0.6 is 0 Å². The van der Waals surface area contributed by atoms with Gasteiger partial charge in [0.2, 0.25) is 5.91 Å². The van der Waals surface area contributed by atoms with Crippen LogP contribution in [0.25, 0.3) is 0 Å². The van der Waals surface area contributed by atoms with Crippen molar-refractivity contribution in [2.24, 2.45) is 5.92 Å². The standard InChI is InChI=1S/C24H36N4O3/c29-22(19-27-12-5-1-2-6-13-27)28-14-9-24(10-15-28)17-20(8-16-31-24)18-26-23(30)21-7-3-4-11-25-21/h3-4,7,11,20H,1-2,5-6,8-10,12-19H2,(H,26,30). The Balaban J connectivity index is 1.23. The van der Waals surface area contributed by atoms with Gasteiger partial charge in [0.25, 0.3) is 5.91 Å². The third kappa shape index (κ3) is 6.04. The number of hydrogen-bond acceptors (Lipinski definition) is 5. The molecule has 3 aliphatic heterocycles. The minimum atomic E-state index is -0.141. The highest BCUT2D eigenvalue weighted by atomic mass is 16.5. The molecule has 0 aromatic carbocycles. The molecule has 3 saturated heterocycles. The second-order valence-electron chi connectivity index (χ2n) is 9.39. The summed E-state index contributed by atoms with van der Waals surface area (Å²) in [6.07, 6.45) is 10.3. The van der Waals surface area contributed by atoms with E-state index in [4.69, 9.17) is 4.74 Å². The number of nitrogens with zero attached hydrogens (tertiary/aromatic N) is 3. The van der Waals surface area contributed by atoms with Gasteiger partial charge in [0.05, 0.1) is 12.1 Å². The lowest BCUT2D eigenvalue weighted by Crippen LogP contribution is -2.53. The molecule has 3 fully saturated rings. The lowest BCUT2D eigenvalue weighted by Gasteiger charge is -2.46. The summed E-state index contributed by atoms with van der Waals surface area (Å²) in [7, 11) is 0. The molecule has 3 aliphatic rings. The van der Waals surface area contributed by atoms with Crippen LogP contribution in [-0.2, 0) is 9.53 Å². The summed E-state index contributed by atoms with van der Waals surface area (Å²) in [6.45, 7) is 5.61. The molecule has 0 bridgehead atoms. The van der Waals surface area contributed by atoms with Gasteiger partial charge in [-0.05, 0) is 69.7 Å². The average molecular weight is 429 g/mol. The number of nitrogens with one attached hydrogen (secondary N) is 1. The smallest absolute Gasteiger partial charge is 0.269 e. The Bertz CT molecular complexity index is 726. The summed E-state index contributed by atoms with van der Waals surface area (Å²) >= 11 is 0. The fourth-order valence-electron chi connectivity index (χ4n) is 5.23.